The van der Waals surface area contributed by atoms with Gasteiger partial charge in [-0.3, -0.25) is 4.68 Å². The van der Waals surface area contributed by atoms with Crippen LogP contribution in [-0.2, 0) is 6.54 Å². The second-order valence-corrected chi connectivity index (χ2v) is 4.76. The summed E-state index contributed by atoms with van der Waals surface area (Å²) in [6.45, 7) is 7.03. The zero-order valence-corrected chi connectivity index (χ0v) is 11.2. The number of aliphatic hydroxyl groups excluding tert-OH is 1. The van der Waals surface area contributed by atoms with E-state index in [0.29, 0.717) is 0 Å². The van der Waals surface area contributed by atoms with Crippen molar-refractivity contribution in [3.63, 3.8) is 0 Å². The molecule has 0 saturated carbocycles. The lowest BCUT2D eigenvalue weighted by molar-refractivity contribution is 0.102. The van der Waals surface area contributed by atoms with E-state index in [0.717, 1.165) is 29.6 Å². The van der Waals surface area contributed by atoms with Crippen LogP contribution >= 0.6 is 15.9 Å². The van der Waals surface area contributed by atoms with E-state index >= 15 is 0 Å². The van der Waals surface area contributed by atoms with Gasteiger partial charge in [-0.05, 0) is 35.2 Å². The summed E-state index contributed by atoms with van der Waals surface area (Å²) in [5.74, 6) is 0.272. The zero-order chi connectivity index (χ0) is 11.4. The number of aliphatic hydroxyl groups is 1. The van der Waals surface area contributed by atoms with E-state index in [1.165, 1.54) is 0 Å². The van der Waals surface area contributed by atoms with E-state index in [4.69, 9.17) is 0 Å². The molecule has 2 atom stereocenters. The van der Waals surface area contributed by atoms with Gasteiger partial charge in [0.15, 0.2) is 0 Å². The molecule has 0 aliphatic heterocycles. The number of nitrogens with zero attached hydrogens (tertiary/aromatic N) is 2. The summed E-state index contributed by atoms with van der Waals surface area (Å²) in [5.41, 5.74) is 0.901. The molecule has 1 rings (SSSR count). The molecule has 0 radical (unpaired) electrons. The van der Waals surface area contributed by atoms with Gasteiger partial charge >= 0.3 is 0 Å². The minimum atomic E-state index is -0.429. The molecule has 0 amide bonds. The summed E-state index contributed by atoms with van der Waals surface area (Å²) in [6, 6.07) is 0. The first-order chi connectivity index (χ1) is 7.11. The summed E-state index contributed by atoms with van der Waals surface area (Å²) in [6.07, 6.45) is 3.45. The van der Waals surface area contributed by atoms with E-state index in [-0.39, 0.29) is 5.92 Å². The Hall–Kier alpha value is -0.350. The molecule has 86 valence electrons. The maximum atomic E-state index is 10.2. The molecule has 0 bridgehead atoms. The van der Waals surface area contributed by atoms with Crippen LogP contribution in [0, 0.1) is 5.92 Å². The molecule has 1 N–H and O–H groups in total. The van der Waals surface area contributed by atoms with E-state index in [9.17, 15) is 5.11 Å². The fraction of sp³-hybridized carbons (Fsp3) is 0.727. The van der Waals surface area contributed by atoms with Crippen LogP contribution in [0.3, 0.4) is 0 Å². The first kappa shape index (κ1) is 12.7. The molecule has 1 heterocycles. The zero-order valence-electron chi connectivity index (χ0n) is 9.57. The highest BCUT2D eigenvalue weighted by Crippen LogP contribution is 2.30. The molecule has 3 nitrogen and oxygen atoms in total. The van der Waals surface area contributed by atoms with Gasteiger partial charge in [0.25, 0.3) is 0 Å². The molecule has 0 fully saturated rings. The van der Waals surface area contributed by atoms with E-state index < -0.39 is 6.10 Å². The molecule has 4 heteroatoms. The van der Waals surface area contributed by atoms with Crippen molar-refractivity contribution in [2.45, 2.75) is 46.3 Å². The van der Waals surface area contributed by atoms with Gasteiger partial charge in [-0.1, -0.05) is 20.3 Å². The fourth-order valence-corrected chi connectivity index (χ4v) is 2.33. The lowest BCUT2D eigenvalue weighted by Gasteiger charge is -2.19. The standard InChI is InChI=1S/C11H19BrN2O/c1-4-6-8(3)11(15)10-9(12)7-13-14(10)5-2/h7-8,11,15H,4-6H2,1-3H3. The second-order valence-electron chi connectivity index (χ2n) is 3.90. The largest absolute Gasteiger partial charge is 0.386 e. The number of aryl methyl sites for hydroxylation is 1. The maximum absolute atomic E-state index is 10.2. The van der Waals surface area contributed by atoms with E-state index in [1.807, 2.05) is 11.6 Å². The molecular weight excluding hydrogens is 256 g/mol. The highest BCUT2D eigenvalue weighted by atomic mass is 79.9. The number of aromatic nitrogens is 2. The predicted molar refractivity (Wildman–Crippen MR) is 64.6 cm³/mol. The molecule has 1 aromatic rings. The number of rotatable bonds is 5. The van der Waals surface area contributed by atoms with Crippen molar-refractivity contribution >= 4 is 15.9 Å². The van der Waals surface area contributed by atoms with Crippen LogP contribution in [0.4, 0.5) is 0 Å². The minimum Gasteiger partial charge on any atom is -0.386 e. The number of hydrogen-bond acceptors (Lipinski definition) is 2. The third-order valence-electron chi connectivity index (χ3n) is 2.70. The molecule has 0 aliphatic rings. The quantitative estimate of drug-likeness (QED) is 0.896. The van der Waals surface area contributed by atoms with Crippen molar-refractivity contribution in [3.05, 3.63) is 16.4 Å². The molecule has 0 spiro atoms. The smallest absolute Gasteiger partial charge is 0.0993 e. The Morgan fingerprint density at radius 3 is 2.73 bits per heavy atom. The lowest BCUT2D eigenvalue weighted by Crippen LogP contribution is -2.15. The van der Waals surface area contributed by atoms with Crippen LogP contribution in [0.15, 0.2) is 10.7 Å². The summed E-state index contributed by atoms with van der Waals surface area (Å²) < 4.78 is 2.75. The summed E-state index contributed by atoms with van der Waals surface area (Å²) >= 11 is 3.43. The Morgan fingerprint density at radius 2 is 2.20 bits per heavy atom. The number of halogens is 1. The Labute approximate surface area is 99.6 Å². The maximum Gasteiger partial charge on any atom is 0.0993 e. The van der Waals surface area contributed by atoms with Gasteiger partial charge in [0.2, 0.25) is 0 Å². The van der Waals surface area contributed by atoms with E-state index in [2.05, 4.69) is 34.9 Å². The van der Waals surface area contributed by atoms with Gasteiger partial charge in [-0.25, -0.2) is 0 Å². The van der Waals surface area contributed by atoms with Gasteiger partial charge in [0, 0.05) is 6.54 Å². The normalized spacial score (nSPS) is 15.3. The van der Waals surface area contributed by atoms with Crippen molar-refractivity contribution < 1.29 is 5.11 Å². The van der Waals surface area contributed by atoms with Crippen LogP contribution in [0.1, 0.15) is 45.4 Å². The minimum absolute atomic E-state index is 0.272. The van der Waals surface area contributed by atoms with Gasteiger partial charge in [0.1, 0.15) is 0 Å². The topological polar surface area (TPSA) is 38.1 Å². The lowest BCUT2D eigenvalue weighted by atomic mass is 9.97. The van der Waals surface area contributed by atoms with Crippen molar-refractivity contribution in [2.75, 3.05) is 0 Å². The van der Waals surface area contributed by atoms with Gasteiger partial charge < -0.3 is 5.11 Å². The molecule has 15 heavy (non-hydrogen) atoms. The third-order valence-corrected chi connectivity index (χ3v) is 3.31. The van der Waals surface area contributed by atoms with Crippen LogP contribution in [0.2, 0.25) is 0 Å². The second kappa shape index (κ2) is 5.66. The van der Waals surface area contributed by atoms with Crippen molar-refractivity contribution in [1.29, 1.82) is 0 Å². The van der Waals surface area contributed by atoms with Crippen molar-refractivity contribution in [2.24, 2.45) is 5.92 Å². The van der Waals surface area contributed by atoms with Crippen molar-refractivity contribution in [1.82, 2.24) is 9.78 Å². The van der Waals surface area contributed by atoms with Crippen LogP contribution in [0.5, 0.6) is 0 Å². The Balaban J connectivity index is 2.88. The molecule has 2 unspecified atom stereocenters. The fourth-order valence-electron chi connectivity index (χ4n) is 1.80. The highest BCUT2D eigenvalue weighted by Gasteiger charge is 2.22. The van der Waals surface area contributed by atoms with Crippen LogP contribution in [0.25, 0.3) is 0 Å². The molecular formula is C11H19BrN2O. The van der Waals surface area contributed by atoms with Gasteiger partial charge in [-0.15, -0.1) is 0 Å². The van der Waals surface area contributed by atoms with Crippen LogP contribution in [-0.4, -0.2) is 14.9 Å². The molecule has 0 aromatic carbocycles. The Morgan fingerprint density at radius 1 is 1.53 bits per heavy atom. The molecule has 0 saturated heterocycles. The van der Waals surface area contributed by atoms with E-state index in [1.54, 1.807) is 6.20 Å². The van der Waals surface area contributed by atoms with Crippen molar-refractivity contribution in [3.8, 4) is 0 Å². The number of hydrogen-bond donors (Lipinski definition) is 1. The molecule has 0 aliphatic carbocycles. The van der Waals surface area contributed by atoms with Gasteiger partial charge in [-0.2, -0.15) is 5.10 Å². The predicted octanol–water partition coefficient (Wildman–Crippen LogP) is 3.14. The summed E-state index contributed by atoms with van der Waals surface area (Å²) in [4.78, 5) is 0. The SMILES string of the molecule is CCCC(C)C(O)c1c(Br)cnn1CC. The monoisotopic (exact) mass is 274 g/mol. The molecule has 1 aromatic heterocycles. The summed E-state index contributed by atoms with van der Waals surface area (Å²) in [7, 11) is 0. The first-order valence-corrected chi connectivity index (χ1v) is 6.30. The van der Waals surface area contributed by atoms with Crippen LogP contribution < -0.4 is 0 Å². The first-order valence-electron chi connectivity index (χ1n) is 5.51. The third kappa shape index (κ3) is 2.82. The average Bonchev–Trinajstić information content (AvgIpc) is 2.58. The van der Waals surface area contributed by atoms with Gasteiger partial charge in [0.05, 0.1) is 22.5 Å². The average molecular weight is 275 g/mol. The Bertz CT molecular complexity index is 312. The highest BCUT2D eigenvalue weighted by molar-refractivity contribution is 9.10. The summed E-state index contributed by atoms with van der Waals surface area (Å²) in [5, 5.41) is 14.4. The Kier molecular flexibility index (Phi) is 4.80.